The molecule has 74 valence electrons. The van der Waals surface area contributed by atoms with Crippen molar-refractivity contribution in [3.63, 3.8) is 0 Å². The second kappa shape index (κ2) is 5.52. The van der Waals surface area contributed by atoms with Crippen molar-refractivity contribution in [2.75, 3.05) is 17.5 Å². The van der Waals surface area contributed by atoms with Crippen molar-refractivity contribution >= 4 is 22.5 Å². The molecule has 1 aromatic carbocycles. The van der Waals surface area contributed by atoms with Crippen LogP contribution >= 0.6 is 0 Å². The average Bonchev–Trinajstić information content (AvgIpc) is 2.09. The molecule has 0 radical (unpaired) electrons. The molecule has 0 bridgehead atoms. The summed E-state index contributed by atoms with van der Waals surface area (Å²) in [5.74, 6) is 0. The Morgan fingerprint density at radius 3 is 2.31 bits per heavy atom. The van der Waals surface area contributed by atoms with Gasteiger partial charge in [-0.15, -0.1) is 0 Å². The second-order valence-electron chi connectivity index (χ2n) is 2.20. The van der Waals surface area contributed by atoms with Crippen molar-refractivity contribution in [3.8, 4) is 0 Å². The summed E-state index contributed by atoms with van der Waals surface area (Å²) in [4.78, 5) is 0. The molecule has 5 nitrogen and oxygen atoms in total. The third kappa shape index (κ3) is 3.88. The molecule has 0 fully saturated rings. The molecule has 0 aromatic heterocycles. The molecule has 6 N–H and O–H groups in total. The fourth-order valence-corrected chi connectivity index (χ4v) is 1.16. The molecule has 6 heteroatoms. The molecule has 0 spiro atoms. The predicted molar refractivity (Wildman–Crippen MR) is 55.3 cm³/mol. The molecule has 0 aliphatic rings. The van der Waals surface area contributed by atoms with Crippen molar-refractivity contribution in [1.82, 2.24) is 4.72 Å². The van der Waals surface area contributed by atoms with Gasteiger partial charge in [0.15, 0.2) is 11.2 Å². The van der Waals surface area contributed by atoms with Gasteiger partial charge >= 0.3 is 0 Å². The van der Waals surface area contributed by atoms with Gasteiger partial charge in [0.25, 0.3) is 0 Å². The Bertz CT molecular complexity index is 276. The van der Waals surface area contributed by atoms with Gasteiger partial charge in [-0.3, -0.25) is 4.72 Å². The Hall–Kier alpha value is -1.11. The van der Waals surface area contributed by atoms with Gasteiger partial charge in [0.1, 0.15) is 0 Å². The highest BCUT2D eigenvalue weighted by atomic mass is 32.2. The number of nitrogen functional groups attached to an aromatic ring is 1. The molecular formula is C7H13N3O2S. The summed E-state index contributed by atoms with van der Waals surface area (Å²) in [6, 6.07) is 7.03. The highest BCUT2D eigenvalue weighted by Gasteiger charge is 1.94. The lowest BCUT2D eigenvalue weighted by Crippen LogP contribution is -2.18. The number of nitrogens with two attached hydrogens (primary N) is 1. The standard InChI is InChI=1S/C7H11N3OS.H2O/c1-9-12(11)10-7-4-2-6(8)3-5-7;/h2-5,9-10H,8H2,1H3;1H2. The van der Waals surface area contributed by atoms with Crippen molar-refractivity contribution in [3.05, 3.63) is 24.3 Å². The first-order valence-corrected chi connectivity index (χ1v) is 4.58. The number of nitrogens with one attached hydrogen (secondary N) is 2. The van der Waals surface area contributed by atoms with E-state index in [2.05, 4.69) is 9.44 Å². The third-order valence-corrected chi connectivity index (χ3v) is 2.10. The number of rotatable bonds is 3. The Morgan fingerprint density at radius 2 is 1.85 bits per heavy atom. The zero-order valence-electron chi connectivity index (χ0n) is 7.20. The van der Waals surface area contributed by atoms with Crippen LogP contribution in [0.2, 0.25) is 0 Å². The first kappa shape index (κ1) is 11.9. The summed E-state index contributed by atoms with van der Waals surface area (Å²) in [6.45, 7) is 0. The molecule has 0 heterocycles. The first-order valence-electron chi connectivity index (χ1n) is 3.43. The minimum absolute atomic E-state index is 0. The van der Waals surface area contributed by atoms with E-state index in [1.165, 1.54) is 0 Å². The van der Waals surface area contributed by atoms with E-state index in [0.717, 1.165) is 5.69 Å². The van der Waals surface area contributed by atoms with Crippen molar-refractivity contribution in [2.45, 2.75) is 0 Å². The van der Waals surface area contributed by atoms with Crippen LogP contribution in [0, 0.1) is 0 Å². The maximum absolute atomic E-state index is 10.9. The van der Waals surface area contributed by atoms with Gasteiger partial charge in [0.2, 0.25) is 0 Å². The fourth-order valence-electron chi connectivity index (χ4n) is 0.709. The molecule has 1 atom stereocenters. The normalized spacial score (nSPS) is 11.5. The van der Waals surface area contributed by atoms with Gasteiger partial charge in [-0.2, -0.15) is 0 Å². The van der Waals surface area contributed by atoms with Gasteiger partial charge in [-0.05, 0) is 31.3 Å². The third-order valence-electron chi connectivity index (χ3n) is 1.31. The lowest BCUT2D eigenvalue weighted by atomic mass is 10.3. The van der Waals surface area contributed by atoms with Crippen LogP contribution < -0.4 is 15.2 Å². The molecule has 0 amide bonds. The molecular weight excluding hydrogens is 190 g/mol. The van der Waals surface area contributed by atoms with E-state index in [1.54, 1.807) is 31.3 Å². The van der Waals surface area contributed by atoms with Gasteiger partial charge in [0, 0.05) is 11.4 Å². The molecule has 1 unspecified atom stereocenters. The summed E-state index contributed by atoms with van der Waals surface area (Å²) in [5.41, 5.74) is 6.94. The van der Waals surface area contributed by atoms with Gasteiger partial charge in [0.05, 0.1) is 0 Å². The van der Waals surface area contributed by atoms with E-state index in [0.29, 0.717) is 5.69 Å². The molecule has 0 aliphatic heterocycles. The van der Waals surface area contributed by atoms with Crippen LogP contribution in [0.4, 0.5) is 11.4 Å². The van der Waals surface area contributed by atoms with E-state index in [9.17, 15) is 4.21 Å². The molecule has 0 aliphatic carbocycles. The average molecular weight is 203 g/mol. The summed E-state index contributed by atoms with van der Waals surface area (Å²) < 4.78 is 16.2. The van der Waals surface area contributed by atoms with Crippen LogP contribution in [-0.2, 0) is 11.2 Å². The van der Waals surface area contributed by atoms with Crippen LogP contribution in [0.25, 0.3) is 0 Å². The molecule has 1 rings (SSSR count). The van der Waals surface area contributed by atoms with Crippen LogP contribution in [-0.4, -0.2) is 16.7 Å². The Balaban J connectivity index is 0.00000144. The van der Waals surface area contributed by atoms with E-state index in [1.807, 2.05) is 0 Å². The zero-order chi connectivity index (χ0) is 8.97. The topological polar surface area (TPSA) is 98.7 Å². The SMILES string of the molecule is CNS(=O)Nc1ccc(N)cc1.O. The molecule has 0 saturated carbocycles. The minimum atomic E-state index is -1.23. The van der Waals surface area contributed by atoms with Crippen LogP contribution in [0.3, 0.4) is 0 Å². The van der Waals surface area contributed by atoms with Crippen LogP contribution in [0.1, 0.15) is 0 Å². The largest absolute Gasteiger partial charge is 0.412 e. The minimum Gasteiger partial charge on any atom is -0.412 e. The first-order chi connectivity index (χ1) is 5.72. The van der Waals surface area contributed by atoms with Crippen molar-refractivity contribution in [1.29, 1.82) is 0 Å². The lowest BCUT2D eigenvalue weighted by Gasteiger charge is -2.03. The molecule has 1 aromatic rings. The summed E-state index contributed by atoms with van der Waals surface area (Å²) in [5, 5.41) is 0. The Labute approximate surface area is 79.4 Å². The molecule has 13 heavy (non-hydrogen) atoms. The summed E-state index contributed by atoms with van der Waals surface area (Å²) in [6.07, 6.45) is 0. The smallest absolute Gasteiger partial charge is 0.193 e. The van der Waals surface area contributed by atoms with Crippen molar-refractivity contribution in [2.24, 2.45) is 0 Å². The zero-order valence-corrected chi connectivity index (χ0v) is 8.02. The van der Waals surface area contributed by atoms with E-state index >= 15 is 0 Å². The van der Waals surface area contributed by atoms with E-state index < -0.39 is 11.2 Å². The highest BCUT2D eigenvalue weighted by molar-refractivity contribution is 7.84. The van der Waals surface area contributed by atoms with Crippen molar-refractivity contribution < 1.29 is 9.69 Å². The monoisotopic (exact) mass is 203 g/mol. The number of hydrogen-bond acceptors (Lipinski definition) is 2. The maximum atomic E-state index is 10.9. The summed E-state index contributed by atoms with van der Waals surface area (Å²) >= 11 is -1.23. The molecule has 0 saturated heterocycles. The maximum Gasteiger partial charge on any atom is 0.193 e. The van der Waals surface area contributed by atoms with Gasteiger partial charge in [-0.1, -0.05) is 0 Å². The number of hydrogen-bond donors (Lipinski definition) is 3. The Morgan fingerprint density at radius 1 is 1.31 bits per heavy atom. The number of benzene rings is 1. The fraction of sp³-hybridized carbons (Fsp3) is 0.143. The van der Waals surface area contributed by atoms with E-state index in [-0.39, 0.29) is 5.48 Å². The highest BCUT2D eigenvalue weighted by Crippen LogP contribution is 2.10. The Kier molecular flexibility index (Phi) is 5.05. The predicted octanol–water partition coefficient (Wildman–Crippen LogP) is -0.346. The summed E-state index contributed by atoms with van der Waals surface area (Å²) in [7, 11) is 1.61. The second-order valence-corrected chi connectivity index (χ2v) is 3.35. The van der Waals surface area contributed by atoms with E-state index in [4.69, 9.17) is 5.73 Å². The van der Waals surface area contributed by atoms with Crippen LogP contribution in [0.5, 0.6) is 0 Å². The van der Waals surface area contributed by atoms with Gasteiger partial charge in [-0.25, -0.2) is 8.93 Å². The lowest BCUT2D eigenvalue weighted by molar-refractivity contribution is 0.681. The quantitative estimate of drug-likeness (QED) is 0.585. The van der Waals surface area contributed by atoms with Gasteiger partial charge < -0.3 is 11.2 Å². The number of anilines is 2. The van der Waals surface area contributed by atoms with Crippen LogP contribution in [0.15, 0.2) is 24.3 Å².